The SMILES string of the molecule is [N-]=[N+]=Nc1ccc(COC(=O)ON2C(=O)CCC2=O)c(C(=O)NN)c1. The van der Waals surface area contributed by atoms with Crippen molar-refractivity contribution in [3.8, 4) is 0 Å². The summed E-state index contributed by atoms with van der Waals surface area (Å²) in [6.45, 7) is -0.408. The average Bonchev–Trinajstić information content (AvgIpc) is 2.92. The van der Waals surface area contributed by atoms with Crippen molar-refractivity contribution in [2.24, 2.45) is 11.0 Å². The molecule has 25 heavy (non-hydrogen) atoms. The lowest BCUT2D eigenvalue weighted by Crippen LogP contribution is -2.32. The van der Waals surface area contributed by atoms with Crippen LogP contribution >= 0.6 is 0 Å². The summed E-state index contributed by atoms with van der Waals surface area (Å²) in [7, 11) is 0. The summed E-state index contributed by atoms with van der Waals surface area (Å²) in [5.74, 6) is 3.07. The van der Waals surface area contributed by atoms with Crippen LogP contribution in [0.4, 0.5) is 10.5 Å². The Balaban J connectivity index is 2.07. The molecule has 2 rings (SSSR count). The maximum Gasteiger partial charge on any atom is 0.534 e. The fourth-order valence-electron chi connectivity index (χ4n) is 1.99. The van der Waals surface area contributed by atoms with Gasteiger partial charge in [0.25, 0.3) is 17.7 Å². The molecule has 0 atom stereocenters. The quantitative estimate of drug-likeness (QED) is 0.116. The van der Waals surface area contributed by atoms with Gasteiger partial charge in [0.2, 0.25) is 0 Å². The molecule has 0 saturated carbocycles. The molecule has 1 aliphatic heterocycles. The van der Waals surface area contributed by atoms with Crippen molar-refractivity contribution >= 4 is 29.6 Å². The van der Waals surface area contributed by atoms with Crippen LogP contribution in [0.15, 0.2) is 23.3 Å². The number of nitrogens with zero attached hydrogens (tertiary/aromatic N) is 4. The highest BCUT2D eigenvalue weighted by molar-refractivity contribution is 6.01. The summed E-state index contributed by atoms with van der Waals surface area (Å²) in [5, 5.41) is 3.69. The number of imide groups is 1. The lowest BCUT2D eigenvalue weighted by atomic mass is 10.1. The van der Waals surface area contributed by atoms with E-state index in [4.69, 9.17) is 16.1 Å². The van der Waals surface area contributed by atoms with Crippen molar-refractivity contribution in [2.45, 2.75) is 19.4 Å². The van der Waals surface area contributed by atoms with E-state index in [2.05, 4.69) is 14.9 Å². The number of carbonyl (C=O) groups is 4. The second-order valence-corrected chi connectivity index (χ2v) is 4.72. The second kappa shape index (κ2) is 7.77. The molecule has 1 aliphatic rings. The molecule has 1 heterocycles. The molecule has 0 spiro atoms. The molecule has 130 valence electrons. The van der Waals surface area contributed by atoms with E-state index in [-0.39, 0.29) is 29.7 Å². The predicted octanol–water partition coefficient (Wildman–Crippen LogP) is 0.949. The molecule has 0 bridgehead atoms. The number of hydrogen-bond acceptors (Lipinski definition) is 8. The third-order valence-corrected chi connectivity index (χ3v) is 3.15. The van der Waals surface area contributed by atoms with Crippen LogP contribution in [0.2, 0.25) is 0 Å². The van der Waals surface area contributed by atoms with Crippen LogP contribution in [0.25, 0.3) is 10.4 Å². The first-order valence-corrected chi connectivity index (χ1v) is 6.85. The Bertz CT molecular complexity index is 771. The molecule has 12 heteroatoms. The Morgan fingerprint density at radius 1 is 1.32 bits per heavy atom. The fourth-order valence-corrected chi connectivity index (χ4v) is 1.99. The summed E-state index contributed by atoms with van der Waals surface area (Å²) < 4.78 is 4.79. The number of hydrogen-bond donors (Lipinski definition) is 2. The van der Waals surface area contributed by atoms with E-state index in [0.717, 1.165) is 0 Å². The van der Waals surface area contributed by atoms with E-state index in [0.29, 0.717) is 5.06 Å². The molecule has 3 N–H and O–H groups in total. The van der Waals surface area contributed by atoms with E-state index in [1.54, 1.807) is 0 Å². The molecule has 12 nitrogen and oxygen atoms in total. The molecule has 1 saturated heterocycles. The van der Waals surface area contributed by atoms with Crippen LogP contribution < -0.4 is 11.3 Å². The number of ether oxygens (including phenoxy) is 1. The van der Waals surface area contributed by atoms with Crippen molar-refractivity contribution < 1.29 is 28.8 Å². The Labute approximate surface area is 140 Å². The molecule has 0 radical (unpaired) electrons. The third-order valence-electron chi connectivity index (χ3n) is 3.15. The smallest absolute Gasteiger partial charge is 0.428 e. The van der Waals surface area contributed by atoms with Gasteiger partial charge in [-0.3, -0.25) is 24.6 Å². The van der Waals surface area contributed by atoms with Gasteiger partial charge >= 0.3 is 6.16 Å². The zero-order chi connectivity index (χ0) is 18.4. The summed E-state index contributed by atoms with van der Waals surface area (Å²) in [4.78, 5) is 53.2. The molecule has 1 aromatic carbocycles. The highest BCUT2D eigenvalue weighted by atomic mass is 16.8. The molecule has 0 aromatic heterocycles. The minimum absolute atomic E-state index is 0.00789. The molecule has 0 aliphatic carbocycles. The lowest BCUT2D eigenvalue weighted by Gasteiger charge is -2.13. The highest BCUT2D eigenvalue weighted by Gasteiger charge is 2.33. The third kappa shape index (κ3) is 4.22. The number of nitrogen functional groups attached to an aromatic ring is 1. The number of azide groups is 1. The van der Waals surface area contributed by atoms with E-state index in [1.165, 1.54) is 18.2 Å². The molecule has 1 fully saturated rings. The Morgan fingerprint density at radius 2 is 2.00 bits per heavy atom. The van der Waals surface area contributed by atoms with Crippen molar-refractivity contribution in [1.82, 2.24) is 10.5 Å². The summed E-state index contributed by atoms with van der Waals surface area (Å²) in [5.41, 5.74) is 10.7. The minimum Gasteiger partial charge on any atom is -0.428 e. The number of rotatable bonds is 5. The Kier molecular flexibility index (Phi) is 5.50. The van der Waals surface area contributed by atoms with E-state index >= 15 is 0 Å². The van der Waals surface area contributed by atoms with Gasteiger partial charge in [0.1, 0.15) is 6.61 Å². The van der Waals surface area contributed by atoms with Crippen LogP contribution in [-0.2, 0) is 25.8 Å². The van der Waals surface area contributed by atoms with Gasteiger partial charge in [0, 0.05) is 34.6 Å². The molecule has 1 aromatic rings. The van der Waals surface area contributed by atoms with Gasteiger partial charge in [-0.15, -0.1) is 0 Å². The van der Waals surface area contributed by atoms with Gasteiger partial charge in [-0.1, -0.05) is 22.3 Å². The second-order valence-electron chi connectivity index (χ2n) is 4.72. The summed E-state index contributed by atoms with van der Waals surface area (Å²) >= 11 is 0. The van der Waals surface area contributed by atoms with Crippen molar-refractivity contribution in [1.29, 1.82) is 0 Å². The molecule has 0 unspecified atom stereocenters. The molecular formula is C13H12N6O6. The first kappa shape index (κ1) is 17.7. The average molecular weight is 348 g/mol. The van der Waals surface area contributed by atoms with E-state index < -0.39 is 30.5 Å². The topological polar surface area (TPSA) is 177 Å². The fraction of sp³-hybridized carbons (Fsp3) is 0.231. The predicted molar refractivity (Wildman–Crippen MR) is 79.3 cm³/mol. The van der Waals surface area contributed by atoms with Crippen LogP contribution in [0, 0.1) is 0 Å². The Morgan fingerprint density at radius 3 is 2.60 bits per heavy atom. The maximum absolute atomic E-state index is 11.8. The van der Waals surface area contributed by atoms with Crippen LogP contribution in [-0.4, -0.2) is 28.9 Å². The van der Waals surface area contributed by atoms with Crippen LogP contribution in [0.3, 0.4) is 0 Å². The standard InChI is InChI=1S/C13H12N6O6/c14-16-12(22)9-5-8(17-18-15)2-1-7(9)6-24-13(23)25-19-10(20)3-4-11(19)21/h1-2,5H,3-4,6,14H2,(H,16,22). The zero-order valence-corrected chi connectivity index (χ0v) is 12.7. The number of amides is 3. The van der Waals surface area contributed by atoms with E-state index in [1.807, 2.05) is 5.43 Å². The Hall–Kier alpha value is -3.63. The van der Waals surface area contributed by atoms with Gasteiger partial charge in [-0.25, -0.2) is 10.6 Å². The number of hydrazine groups is 1. The summed E-state index contributed by atoms with van der Waals surface area (Å²) in [6, 6.07) is 4.03. The number of hydroxylamine groups is 2. The van der Waals surface area contributed by atoms with Gasteiger partial charge in [0.15, 0.2) is 0 Å². The van der Waals surface area contributed by atoms with Gasteiger partial charge in [0.05, 0.1) is 0 Å². The zero-order valence-electron chi connectivity index (χ0n) is 12.7. The monoisotopic (exact) mass is 348 g/mol. The summed E-state index contributed by atoms with van der Waals surface area (Å²) in [6.07, 6.45) is -1.39. The number of carbonyl (C=O) groups excluding carboxylic acids is 4. The van der Waals surface area contributed by atoms with Crippen molar-refractivity contribution in [3.05, 3.63) is 39.8 Å². The first-order valence-electron chi connectivity index (χ1n) is 6.85. The van der Waals surface area contributed by atoms with Crippen molar-refractivity contribution in [2.75, 3.05) is 0 Å². The highest BCUT2D eigenvalue weighted by Crippen LogP contribution is 2.20. The van der Waals surface area contributed by atoms with E-state index in [9.17, 15) is 19.2 Å². The van der Waals surface area contributed by atoms with Crippen molar-refractivity contribution in [3.63, 3.8) is 0 Å². The number of nitrogens with two attached hydrogens (primary N) is 1. The maximum atomic E-state index is 11.8. The lowest BCUT2D eigenvalue weighted by molar-refractivity contribution is -0.177. The molecule has 3 amide bonds. The van der Waals surface area contributed by atoms with Crippen LogP contribution in [0.5, 0.6) is 0 Å². The van der Waals surface area contributed by atoms with Crippen LogP contribution in [0.1, 0.15) is 28.8 Å². The number of benzene rings is 1. The van der Waals surface area contributed by atoms with Gasteiger partial charge < -0.3 is 4.74 Å². The normalized spacial score (nSPS) is 13.2. The number of nitrogens with one attached hydrogen (secondary N) is 1. The van der Waals surface area contributed by atoms with Gasteiger partial charge in [-0.2, -0.15) is 0 Å². The van der Waals surface area contributed by atoms with Gasteiger partial charge in [-0.05, 0) is 11.6 Å². The first-order chi connectivity index (χ1) is 12.0. The largest absolute Gasteiger partial charge is 0.534 e. The minimum atomic E-state index is -1.29. The molecular weight excluding hydrogens is 336 g/mol.